The number of anilines is 1. The second kappa shape index (κ2) is 9.19. The smallest absolute Gasteiger partial charge is 0.206 e. The summed E-state index contributed by atoms with van der Waals surface area (Å²) in [5.41, 5.74) is 4.22. The third kappa shape index (κ3) is 4.99. The maximum Gasteiger partial charge on any atom is 0.206 e. The third-order valence-corrected chi connectivity index (χ3v) is 6.36. The van der Waals surface area contributed by atoms with E-state index in [1.54, 1.807) is 0 Å². The summed E-state index contributed by atoms with van der Waals surface area (Å²) in [6, 6.07) is 12.2. The molecule has 0 atom stereocenters. The predicted molar refractivity (Wildman–Crippen MR) is 113 cm³/mol. The Bertz CT molecular complexity index is 902. The molecule has 0 spiro atoms. The minimum atomic E-state index is 0.143. The molecule has 0 radical (unpaired) electrons. The topological polar surface area (TPSA) is 59.8 Å². The Morgan fingerprint density at radius 1 is 1.22 bits per heavy atom. The normalized spacial score (nSPS) is 10.9. The van der Waals surface area contributed by atoms with Crippen LogP contribution in [0, 0.1) is 13.8 Å². The molecule has 0 saturated heterocycles. The standard InChI is InChI=1S/C20H24N4OS2/c1-4-10-24-14(2)11-17(15(24)3)18(25)13-26-20-23-22-19(27-20)21-12-16-8-6-5-7-9-16/h5-9,11H,4,10,12-13H2,1-3H3,(H,21,22). The van der Waals surface area contributed by atoms with Gasteiger partial charge in [-0.25, -0.2) is 0 Å². The van der Waals surface area contributed by atoms with Crippen LogP contribution >= 0.6 is 23.1 Å². The van der Waals surface area contributed by atoms with Gasteiger partial charge in [-0.05, 0) is 31.9 Å². The number of carbonyl (C=O) groups excluding carboxylic acids is 1. The molecule has 0 unspecified atom stereocenters. The summed E-state index contributed by atoms with van der Waals surface area (Å²) in [5.74, 6) is 0.522. The van der Waals surface area contributed by atoms with Crippen molar-refractivity contribution in [1.29, 1.82) is 0 Å². The molecular weight excluding hydrogens is 376 g/mol. The number of aryl methyl sites for hydroxylation is 1. The minimum absolute atomic E-state index is 0.143. The van der Waals surface area contributed by atoms with E-state index in [-0.39, 0.29) is 5.78 Å². The molecule has 0 aliphatic carbocycles. The summed E-state index contributed by atoms with van der Waals surface area (Å²) in [4.78, 5) is 12.6. The van der Waals surface area contributed by atoms with E-state index in [1.807, 2.05) is 31.2 Å². The highest BCUT2D eigenvalue weighted by Gasteiger charge is 2.16. The van der Waals surface area contributed by atoms with Gasteiger partial charge in [0, 0.05) is 30.0 Å². The molecule has 0 aliphatic rings. The largest absolute Gasteiger partial charge is 0.356 e. The number of carbonyl (C=O) groups is 1. The molecular formula is C20H24N4OS2. The molecule has 0 saturated carbocycles. The van der Waals surface area contributed by atoms with Gasteiger partial charge < -0.3 is 9.88 Å². The average molecular weight is 401 g/mol. The van der Waals surface area contributed by atoms with E-state index in [0.29, 0.717) is 12.3 Å². The number of benzene rings is 1. The molecule has 2 aromatic heterocycles. The molecule has 3 aromatic rings. The zero-order valence-electron chi connectivity index (χ0n) is 15.9. The fraction of sp³-hybridized carbons (Fsp3) is 0.350. The molecule has 142 valence electrons. The summed E-state index contributed by atoms with van der Waals surface area (Å²) in [5, 5.41) is 12.4. The lowest BCUT2D eigenvalue weighted by molar-refractivity contribution is 0.102. The number of Topliss-reactive ketones (excluding diaryl/α,β-unsaturated/α-hetero) is 1. The fourth-order valence-corrected chi connectivity index (χ4v) is 4.60. The lowest BCUT2D eigenvalue weighted by Crippen LogP contribution is -2.06. The molecule has 1 aromatic carbocycles. The van der Waals surface area contributed by atoms with Gasteiger partial charge in [0.25, 0.3) is 0 Å². The zero-order valence-corrected chi connectivity index (χ0v) is 17.5. The van der Waals surface area contributed by atoms with Crippen molar-refractivity contribution in [3.8, 4) is 0 Å². The van der Waals surface area contributed by atoms with Crippen LogP contribution in [0.2, 0.25) is 0 Å². The van der Waals surface area contributed by atoms with Gasteiger partial charge in [0.05, 0.1) is 5.75 Å². The maximum atomic E-state index is 12.6. The number of hydrogen-bond donors (Lipinski definition) is 1. The molecule has 27 heavy (non-hydrogen) atoms. The number of hydrogen-bond acceptors (Lipinski definition) is 6. The number of rotatable bonds is 9. The first kappa shape index (κ1) is 19.6. The summed E-state index contributed by atoms with van der Waals surface area (Å²) in [7, 11) is 0. The van der Waals surface area contributed by atoms with Crippen molar-refractivity contribution in [2.45, 2.75) is 44.6 Å². The molecule has 7 heteroatoms. The van der Waals surface area contributed by atoms with Crippen LogP contribution in [0.15, 0.2) is 40.7 Å². The Morgan fingerprint density at radius 3 is 2.74 bits per heavy atom. The first-order chi connectivity index (χ1) is 13.1. The lowest BCUT2D eigenvalue weighted by atomic mass is 10.2. The summed E-state index contributed by atoms with van der Waals surface area (Å²) in [6.07, 6.45) is 1.06. The Morgan fingerprint density at radius 2 is 2.00 bits per heavy atom. The second-order valence-electron chi connectivity index (χ2n) is 6.36. The van der Waals surface area contributed by atoms with Crippen molar-refractivity contribution >= 4 is 34.0 Å². The number of thioether (sulfide) groups is 1. The highest BCUT2D eigenvalue weighted by atomic mass is 32.2. The highest BCUT2D eigenvalue weighted by molar-refractivity contribution is 8.01. The van der Waals surface area contributed by atoms with Crippen LogP contribution in [0.3, 0.4) is 0 Å². The van der Waals surface area contributed by atoms with Crippen LogP contribution in [-0.2, 0) is 13.1 Å². The summed E-state index contributed by atoms with van der Waals surface area (Å²) < 4.78 is 3.02. The first-order valence-corrected chi connectivity index (χ1v) is 10.8. The van der Waals surface area contributed by atoms with Crippen LogP contribution in [-0.4, -0.2) is 26.3 Å². The van der Waals surface area contributed by atoms with E-state index in [9.17, 15) is 4.79 Å². The lowest BCUT2D eigenvalue weighted by Gasteiger charge is -2.07. The van der Waals surface area contributed by atoms with Gasteiger partial charge in [-0.2, -0.15) is 0 Å². The molecule has 2 heterocycles. The fourth-order valence-electron chi connectivity index (χ4n) is 2.97. The number of aromatic nitrogens is 3. The molecule has 5 nitrogen and oxygen atoms in total. The van der Waals surface area contributed by atoms with Crippen molar-refractivity contribution in [1.82, 2.24) is 14.8 Å². The van der Waals surface area contributed by atoms with Gasteiger partial charge in [0.2, 0.25) is 5.13 Å². The molecule has 0 bridgehead atoms. The third-order valence-electron chi connectivity index (χ3n) is 4.34. The average Bonchev–Trinajstić information content (AvgIpc) is 3.25. The van der Waals surface area contributed by atoms with E-state index in [1.165, 1.54) is 28.7 Å². The van der Waals surface area contributed by atoms with Crippen LogP contribution in [0.4, 0.5) is 5.13 Å². The number of ketones is 1. The van der Waals surface area contributed by atoms with E-state index in [4.69, 9.17) is 0 Å². The van der Waals surface area contributed by atoms with Crippen LogP contribution < -0.4 is 5.32 Å². The van der Waals surface area contributed by atoms with Crippen LogP contribution in [0.25, 0.3) is 0 Å². The van der Waals surface area contributed by atoms with Crippen LogP contribution in [0.5, 0.6) is 0 Å². The van der Waals surface area contributed by atoms with Gasteiger partial charge in [-0.15, -0.1) is 10.2 Å². The Hall–Kier alpha value is -2.12. The van der Waals surface area contributed by atoms with Crippen molar-refractivity contribution in [2.24, 2.45) is 0 Å². The van der Waals surface area contributed by atoms with Crippen molar-refractivity contribution < 1.29 is 4.79 Å². The van der Waals surface area contributed by atoms with Gasteiger partial charge in [0.15, 0.2) is 10.1 Å². The SMILES string of the molecule is CCCn1c(C)cc(C(=O)CSc2nnc(NCc3ccccc3)s2)c1C. The van der Waals surface area contributed by atoms with E-state index in [2.05, 4.69) is 46.1 Å². The molecule has 0 fully saturated rings. The minimum Gasteiger partial charge on any atom is -0.356 e. The van der Waals surface area contributed by atoms with E-state index >= 15 is 0 Å². The van der Waals surface area contributed by atoms with Crippen molar-refractivity contribution in [3.63, 3.8) is 0 Å². The Labute approximate surface area is 168 Å². The Kier molecular flexibility index (Phi) is 6.68. The molecule has 1 N–H and O–H groups in total. The van der Waals surface area contributed by atoms with Crippen LogP contribution in [0.1, 0.15) is 40.7 Å². The molecule has 3 rings (SSSR count). The van der Waals surface area contributed by atoms with Gasteiger partial charge in [0.1, 0.15) is 0 Å². The van der Waals surface area contributed by atoms with Gasteiger partial charge in [-0.1, -0.05) is 60.4 Å². The van der Waals surface area contributed by atoms with Gasteiger partial charge >= 0.3 is 0 Å². The zero-order chi connectivity index (χ0) is 19.2. The summed E-state index contributed by atoms with van der Waals surface area (Å²) >= 11 is 2.93. The summed E-state index contributed by atoms with van der Waals surface area (Å²) in [6.45, 7) is 7.89. The van der Waals surface area contributed by atoms with Crippen molar-refractivity contribution in [3.05, 3.63) is 58.9 Å². The van der Waals surface area contributed by atoms with Crippen molar-refractivity contribution in [2.75, 3.05) is 11.1 Å². The first-order valence-electron chi connectivity index (χ1n) is 9.02. The van der Waals surface area contributed by atoms with Gasteiger partial charge in [-0.3, -0.25) is 4.79 Å². The monoisotopic (exact) mass is 400 g/mol. The van der Waals surface area contributed by atoms with E-state index < -0.39 is 0 Å². The number of nitrogens with zero attached hydrogens (tertiary/aromatic N) is 3. The van der Waals surface area contributed by atoms with E-state index in [0.717, 1.165) is 39.4 Å². The molecule has 0 amide bonds. The Balaban J connectivity index is 1.55. The maximum absolute atomic E-state index is 12.6. The predicted octanol–water partition coefficient (Wildman–Crippen LogP) is 4.95. The quantitative estimate of drug-likeness (QED) is 0.407. The highest BCUT2D eigenvalue weighted by Crippen LogP contribution is 2.27. The number of nitrogens with one attached hydrogen (secondary N) is 1. The second-order valence-corrected chi connectivity index (χ2v) is 8.56. The molecule has 0 aliphatic heterocycles.